The van der Waals surface area contributed by atoms with Gasteiger partial charge in [-0.15, -0.1) is 24.0 Å². The second-order valence-corrected chi connectivity index (χ2v) is 8.71. The molecule has 27 heavy (non-hydrogen) atoms. The molecule has 1 aliphatic heterocycles. The molecule has 0 radical (unpaired) electrons. The molecule has 0 bridgehead atoms. The number of esters is 1. The zero-order chi connectivity index (χ0) is 19.6. The Morgan fingerprint density at radius 3 is 2.63 bits per heavy atom. The molecule has 1 fully saturated rings. The van der Waals surface area contributed by atoms with Crippen LogP contribution in [0.4, 0.5) is 0 Å². The fourth-order valence-electron chi connectivity index (χ4n) is 2.89. The number of aliphatic imine (C=N–C) groups is 1. The predicted octanol–water partition coefficient (Wildman–Crippen LogP) is 1.52. The highest BCUT2D eigenvalue weighted by atomic mass is 127. The maximum Gasteiger partial charge on any atom is 0.310 e. The van der Waals surface area contributed by atoms with Crippen LogP contribution in [0.25, 0.3) is 0 Å². The van der Waals surface area contributed by atoms with Gasteiger partial charge in [0.1, 0.15) is 0 Å². The molecule has 1 heterocycles. The number of guanidine groups is 1. The minimum absolute atomic E-state index is 0. The third-order valence-corrected chi connectivity index (χ3v) is 6.27. The third kappa shape index (κ3) is 8.95. The van der Waals surface area contributed by atoms with Crippen LogP contribution in [-0.2, 0) is 19.6 Å². The number of carbonyl (C=O) groups excluding carboxylic acids is 1. The van der Waals surface area contributed by atoms with Crippen molar-refractivity contribution < 1.29 is 17.9 Å². The van der Waals surface area contributed by atoms with E-state index in [9.17, 15) is 13.2 Å². The van der Waals surface area contributed by atoms with E-state index in [-0.39, 0.29) is 41.6 Å². The summed E-state index contributed by atoms with van der Waals surface area (Å²) in [6, 6.07) is 0. The molecular weight excluding hydrogens is 483 g/mol. The smallest absolute Gasteiger partial charge is 0.310 e. The number of likely N-dealkylation sites (tertiary alicyclic amines) is 1. The quantitative estimate of drug-likeness (QED) is 0.164. The number of halogens is 1. The zero-order valence-corrected chi connectivity index (χ0v) is 20.1. The van der Waals surface area contributed by atoms with Gasteiger partial charge < -0.3 is 15.0 Å². The summed E-state index contributed by atoms with van der Waals surface area (Å²) >= 11 is 0. The highest BCUT2D eigenvalue weighted by molar-refractivity contribution is 14.0. The summed E-state index contributed by atoms with van der Waals surface area (Å²) in [4.78, 5) is 18.7. The van der Waals surface area contributed by atoms with Crippen LogP contribution in [0, 0.1) is 5.92 Å². The molecule has 160 valence electrons. The van der Waals surface area contributed by atoms with Gasteiger partial charge in [0.25, 0.3) is 0 Å². The van der Waals surface area contributed by atoms with Gasteiger partial charge in [-0.05, 0) is 40.0 Å². The zero-order valence-electron chi connectivity index (χ0n) is 16.9. The number of ether oxygens (including phenoxy) is 1. The first-order chi connectivity index (χ1) is 12.4. The molecule has 1 N–H and O–H groups in total. The highest BCUT2D eigenvalue weighted by Gasteiger charge is 2.28. The molecule has 0 amide bonds. The van der Waals surface area contributed by atoms with Gasteiger partial charge in [0, 0.05) is 39.8 Å². The van der Waals surface area contributed by atoms with Crippen molar-refractivity contribution in [1.29, 1.82) is 0 Å². The van der Waals surface area contributed by atoms with E-state index in [1.165, 1.54) is 4.31 Å². The molecule has 1 aliphatic rings. The number of carbonyl (C=O) groups is 1. The van der Waals surface area contributed by atoms with Crippen LogP contribution in [-0.4, -0.2) is 81.7 Å². The Morgan fingerprint density at radius 2 is 2.04 bits per heavy atom. The average Bonchev–Trinajstić information content (AvgIpc) is 2.64. The largest absolute Gasteiger partial charge is 0.466 e. The molecule has 1 rings (SSSR count). The number of rotatable bonds is 9. The monoisotopic (exact) mass is 518 g/mol. The molecule has 0 aliphatic carbocycles. The van der Waals surface area contributed by atoms with Crippen LogP contribution in [0.15, 0.2) is 4.99 Å². The molecule has 1 saturated heterocycles. The number of piperidine rings is 1. The molecule has 0 saturated carbocycles. The SMILES string of the molecule is CCNC(=NCCCN(C)S(=O)(=O)CC)N1CCCC(C(=O)OCC)C1.I. The Kier molecular flexibility index (Phi) is 13.2. The number of nitrogens with zero attached hydrogens (tertiary/aromatic N) is 3. The van der Waals surface area contributed by atoms with Crippen molar-refractivity contribution in [2.45, 2.75) is 40.0 Å². The van der Waals surface area contributed by atoms with E-state index >= 15 is 0 Å². The Labute approximate surface area is 181 Å². The summed E-state index contributed by atoms with van der Waals surface area (Å²) in [6.07, 6.45) is 2.42. The molecule has 0 aromatic rings. The molecule has 1 atom stereocenters. The first-order valence-electron chi connectivity index (χ1n) is 9.49. The first kappa shape index (κ1) is 26.4. The standard InChI is InChI=1S/C17H34N4O4S.HI/c1-5-18-17(19-11-9-12-20(4)26(23,24)7-3)21-13-8-10-15(14-21)16(22)25-6-2;/h15H,5-14H2,1-4H3,(H,18,19);1H. The molecule has 0 aromatic carbocycles. The van der Waals surface area contributed by atoms with Crippen LogP contribution in [0.5, 0.6) is 0 Å². The van der Waals surface area contributed by atoms with Gasteiger partial charge in [-0.3, -0.25) is 9.79 Å². The average molecular weight is 518 g/mol. The van der Waals surface area contributed by atoms with Crippen LogP contribution in [0.2, 0.25) is 0 Å². The highest BCUT2D eigenvalue weighted by Crippen LogP contribution is 2.18. The van der Waals surface area contributed by atoms with Crippen LogP contribution in [0.3, 0.4) is 0 Å². The van der Waals surface area contributed by atoms with Crippen molar-refractivity contribution in [3.8, 4) is 0 Å². The van der Waals surface area contributed by atoms with Crippen molar-refractivity contribution in [2.75, 3.05) is 52.1 Å². The summed E-state index contributed by atoms with van der Waals surface area (Å²) in [5.41, 5.74) is 0. The molecule has 0 spiro atoms. The van der Waals surface area contributed by atoms with E-state index < -0.39 is 10.0 Å². The van der Waals surface area contributed by atoms with Crippen molar-refractivity contribution in [3.05, 3.63) is 0 Å². The number of nitrogens with one attached hydrogen (secondary N) is 1. The number of hydrogen-bond acceptors (Lipinski definition) is 5. The van der Waals surface area contributed by atoms with Crippen molar-refractivity contribution >= 4 is 45.9 Å². The minimum Gasteiger partial charge on any atom is -0.466 e. The molecule has 8 nitrogen and oxygen atoms in total. The Balaban J connectivity index is 0.00000676. The molecule has 10 heteroatoms. The second kappa shape index (κ2) is 13.5. The number of hydrogen-bond donors (Lipinski definition) is 1. The van der Waals surface area contributed by atoms with Crippen molar-refractivity contribution in [1.82, 2.24) is 14.5 Å². The van der Waals surface area contributed by atoms with E-state index in [4.69, 9.17) is 4.74 Å². The van der Waals surface area contributed by atoms with Gasteiger partial charge in [-0.1, -0.05) is 0 Å². The summed E-state index contributed by atoms with van der Waals surface area (Å²) in [7, 11) is -1.54. The van der Waals surface area contributed by atoms with E-state index in [0.717, 1.165) is 31.9 Å². The van der Waals surface area contributed by atoms with Gasteiger partial charge in [-0.2, -0.15) is 0 Å². The maximum absolute atomic E-state index is 12.0. The Hall–Kier alpha value is -0.620. The summed E-state index contributed by atoms with van der Waals surface area (Å²) < 4.78 is 30.0. The molecular formula is C17H35IN4O4S. The van der Waals surface area contributed by atoms with Gasteiger partial charge in [0.2, 0.25) is 10.0 Å². The molecule has 0 aromatic heterocycles. The summed E-state index contributed by atoms with van der Waals surface area (Å²) in [6.45, 7) is 9.05. The van der Waals surface area contributed by atoms with Crippen molar-refractivity contribution in [2.24, 2.45) is 10.9 Å². The fourth-order valence-corrected chi connectivity index (χ4v) is 3.73. The topological polar surface area (TPSA) is 91.3 Å². The minimum atomic E-state index is -3.14. The van der Waals surface area contributed by atoms with E-state index in [1.807, 2.05) is 13.8 Å². The summed E-state index contributed by atoms with van der Waals surface area (Å²) in [5, 5.41) is 3.27. The number of sulfonamides is 1. The lowest BCUT2D eigenvalue weighted by Crippen LogP contribution is -2.48. The van der Waals surface area contributed by atoms with Gasteiger partial charge in [0.05, 0.1) is 18.3 Å². The van der Waals surface area contributed by atoms with Gasteiger partial charge in [-0.25, -0.2) is 12.7 Å². The van der Waals surface area contributed by atoms with Gasteiger partial charge >= 0.3 is 5.97 Å². The van der Waals surface area contributed by atoms with Crippen molar-refractivity contribution in [3.63, 3.8) is 0 Å². The predicted molar refractivity (Wildman–Crippen MR) is 119 cm³/mol. The van der Waals surface area contributed by atoms with E-state index in [2.05, 4.69) is 15.2 Å². The van der Waals surface area contributed by atoms with E-state index in [0.29, 0.717) is 32.7 Å². The van der Waals surface area contributed by atoms with Crippen LogP contribution in [0.1, 0.15) is 40.0 Å². The normalized spacial score (nSPS) is 18.2. The van der Waals surface area contributed by atoms with Crippen LogP contribution < -0.4 is 5.32 Å². The first-order valence-corrected chi connectivity index (χ1v) is 11.1. The van der Waals surface area contributed by atoms with Gasteiger partial charge in [0.15, 0.2) is 5.96 Å². The Morgan fingerprint density at radius 1 is 1.33 bits per heavy atom. The third-order valence-electron chi connectivity index (χ3n) is 4.41. The maximum atomic E-state index is 12.0. The van der Waals surface area contributed by atoms with E-state index in [1.54, 1.807) is 14.0 Å². The lowest BCUT2D eigenvalue weighted by Gasteiger charge is -2.34. The lowest BCUT2D eigenvalue weighted by atomic mass is 9.98. The fraction of sp³-hybridized carbons (Fsp3) is 0.882. The lowest BCUT2D eigenvalue weighted by molar-refractivity contribution is -0.149. The van der Waals surface area contributed by atoms with Crippen LogP contribution >= 0.6 is 24.0 Å². The second-order valence-electron chi connectivity index (χ2n) is 6.35. The summed E-state index contributed by atoms with van der Waals surface area (Å²) in [5.74, 6) is 0.633. The Bertz CT molecular complexity index is 571. The molecule has 1 unspecified atom stereocenters.